The first-order valence-electron chi connectivity index (χ1n) is 10.5. The number of nitrogens with zero attached hydrogens (tertiary/aromatic N) is 1. The van der Waals surface area contributed by atoms with Gasteiger partial charge < -0.3 is 15.5 Å². The third-order valence-electron chi connectivity index (χ3n) is 5.52. The molecule has 2 unspecified atom stereocenters. The molecular formula is C23H30ClN3O4S. The molecule has 1 aliphatic heterocycles. The van der Waals surface area contributed by atoms with Crippen molar-refractivity contribution < 1.29 is 18.0 Å². The van der Waals surface area contributed by atoms with Gasteiger partial charge in [-0.25, -0.2) is 8.42 Å². The number of anilines is 1. The van der Waals surface area contributed by atoms with E-state index in [-0.39, 0.29) is 17.3 Å². The maximum atomic E-state index is 13.3. The van der Waals surface area contributed by atoms with E-state index in [0.717, 1.165) is 12.8 Å². The van der Waals surface area contributed by atoms with Crippen molar-refractivity contribution in [3.63, 3.8) is 0 Å². The van der Waals surface area contributed by atoms with Crippen molar-refractivity contribution in [2.24, 2.45) is 0 Å². The molecule has 1 aliphatic rings. The van der Waals surface area contributed by atoms with Crippen molar-refractivity contribution in [1.82, 2.24) is 10.6 Å². The molecule has 2 N–H and O–H groups in total. The van der Waals surface area contributed by atoms with E-state index in [1.807, 2.05) is 18.2 Å². The highest BCUT2D eigenvalue weighted by atomic mass is 35.5. The molecule has 3 rings (SSSR count). The summed E-state index contributed by atoms with van der Waals surface area (Å²) in [5.41, 5.74) is 1.60. The number of hydrogen-bond donors (Lipinski definition) is 2. The molecule has 2 aromatic carbocycles. The van der Waals surface area contributed by atoms with Crippen LogP contribution in [0.4, 0.5) is 5.69 Å². The van der Waals surface area contributed by atoms with E-state index in [9.17, 15) is 18.0 Å². The van der Waals surface area contributed by atoms with Crippen molar-refractivity contribution in [2.45, 2.75) is 43.2 Å². The van der Waals surface area contributed by atoms with Gasteiger partial charge in [-0.2, -0.15) is 0 Å². The van der Waals surface area contributed by atoms with Crippen LogP contribution in [0.1, 0.15) is 25.3 Å². The minimum Gasteiger partial charge on any atom is -0.342 e. The highest BCUT2D eigenvalue weighted by Gasteiger charge is 2.38. The molecule has 0 spiro atoms. The summed E-state index contributed by atoms with van der Waals surface area (Å²) in [4.78, 5) is 27.3. The number of benzene rings is 2. The molecule has 174 valence electrons. The third-order valence-corrected chi connectivity index (χ3v) is 7.31. The summed E-state index contributed by atoms with van der Waals surface area (Å²) in [7, 11) is -2.11. The molecular weight excluding hydrogens is 450 g/mol. The van der Waals surface area contributed by atoms with E-state index in [1.165, 1.54) is 16.5 Å². The molecule has 1 heterocycles. The Morgan fingerprint density at radius 2 is 1.75 bits per heavy atom. The summed E-state index contributed by atoms with van der Waals surface area (Å²) < 4.78 is 26.0. The smallest absolute Gasteiger partial charge is 0.250 e. The fraction of sp³-hybridized carbons (Fsp3) is 0.391. The summed E-state index contributed by atoms with van der Waals surface area (Å²) in [5, 5.41) is 5.43. The van der Waals surface area contributed by atoms with Crippen LogP contribution in [0.15, 0.2) is 59.5 Å². The van der Waals surface area contributed by atoms with E-state index in [2.05, 4.69) is 22.8 Å². The number of carbonyl (C=O) groups is 2. The monoisotopic (exact) mass is 479 g/mol. The normalized spacial score (nSPS) is 18.1. The quantitative estimate of drug-likeness (QED) is 0.566. The molecule has 0 saturated heterocycles. The van der Waals surface area contributed by atoms with Crippen molar-refractivity contribution in [3.05, 3.63) is 60.2 Å². The minimum absolute atomic E-state index is 0. The van der Waals surface area contributed by atoms with Crippen LogP contribution < -0.4 is 15.5 Å². The number of rotatable bonds is 8. The standard InChI is InChI=1S/C23H29N3O4S.ClH/c1-17(24-2)22(27)25-19-16-31(29,30)21-14-7-6-13-20(21)26(23(19)28)15-9-8-12-18-10-4-3-5-11-18;/h3-7,10-11,13-14,17,19,24H,8-9,12,15-16H2,1-2H3,(H,25,27);1H. The summed E-state index contributed by atoms with van der Waals surface area (Å²) in [6.45, 7) is 2.03. The average molecular weight is 480 g/mol. The van der Waals surface area contributed by atoms with Crippen LogP contribution in [0.3, 0.4) is 0 Å². The van der Waals surface area contributed by atoms with E-state index in [0.29, 0.717) is 18.7 Å². The Morgan fingerprint density at radius 1 is 1.09 bits per heavy atom. The number of nitrogens with one attached hydrogen (secondary N) is 2. The van der Waals surface area contributed by atoms with Crippen LogP contribution in [0.2, 0.25) is 0 Å². The number of halogens is 1. The summed E-state index contributed by atoms with van der Waals surface area (Å²) in [6.07, 6.45) is 2.45. The topological polar surface area (TPSA) is 95.6 Å². The second-order valence-corrected chi connectivity index (χ2v) is 9.76. The maximum Gasteiger partial charge on any atom is 0.250 e. The third kappa shape index (κ3) is 6.09. The molecule has 0 radical (unpaired) electrons. The number of para-hydroxylation sites is 1. The minimum atomic E-state index is -3.74. The number of fused-ring (bicyclic) bond motifs is 1. The van der Waals surface area contributed by atoms with Crippen LogP contribution in [0.5, 0.6) is 0 Å². The van der Waals surface area contributed by atoms with E-state index in [1.54, 1.807) is 32.2 Å². The SMILES string of the molecule is CNC(C)C(=O)NC1CS(=O)(=O)c2ccccc2N(CCCCc2ccccc2)C1=O.Cl. The predicted molar refractivity (Wildman–Crippen MR) is 128 cm³/mol. The number of amides is 2. The van der Waals surface area contributed by atoms with E-state index < -0.39 is 39.5 Å². The van der Waals surface area contributed by atoms with Crippen LogP contribution in [0.25, 0.3) is 0 Å². The summed E-state index contributed by atoms with van der Waals surface area (Å²) >= 11 is 0. The summed E-state index contributed by atoms with van der Waals surface area (Å²) in [5.74, 6) is -1.26. The number of hydrogen-bond acceptors (Lipinski definition) is 5. The Morgan fingerprint density at radius 3 is 2.44 bits per heavy atom. The van der Waals surface area contributed by atoms with Gasteiger partial charge in [0.1, 0.15) is 6.04 Å². The van der Waals surface area contributed by atoms with Gasteiger partial charge in [-0.15, -0.1) is 12.4 Å². The lowest BCUT2D eigenvalue weighted by molar-refractivity contribution is -0.128. The van der Waals surface area contributed by atoms with Gasteiger partial charge in [-0.05, 0) is 50.9 Å². The van der Waals surface area contributed by atoms with Gasteiger partial charge in [0, 0.05) is 6.54 Å². The zero-order valence-corrected chi connectivity index (χ0v) is 19.9. The highest BCUT2D eigenvalue weighted by Crippen LogP contribution is 2.30. The molecule has 2 amide bonds. The molecule has 0 aliphatic carbocycles. The molecule has 2 aromatic rings. The first kappa shape index (κ1) is 25.8. The van der Waals surface area contributed by atoms with Gasteiger partial charge >= 0.3 is 0 Å². The van der Waals surface area contributed by atoms with Crippen LogP contribution in [-0.4, -0.2) is 51.7 Å². The predicted octanol–water partition coefficient (Wildman–Crippen LogP) is 2.34. The molecule has 0 aromatic heterocycles. The molecule has 2 atom stereocenters. The van der Waals surface area contributed by atoms with Gasteiger partial charge in [-0.3, -0.25) is 9.59 Å². The number of aryl methyl sites for hydroxylation is 1. The van der Waals surface area contributed by atoms with Gasteiger partial charge in [0.25, 0.3) is 5.91 Å². The van der Waals surface area contributed by atoms with Gasteiger partial charge in [-0.1, -0.05) is 42.5 Å². The van der Waals surface area contributed by atoms with Gasteiger partial charge in [0.2, 0.25) is 5.91 Å². The number of unbranched alkanes of at least 4 members (excludes halogenated alkanes) is 1. The molecule has 0 fully saturated rings. The fourth-order valence-corrected chi connectivity index (χ4v) is 5.26. The lowest BCUT2D eigenvalue weighted by Gasteiger charge is -2.26. The first-order chi connectivity index (χ1) is 14.8. The maximum absolute atomic E-state index is 13.3. The lowest BCUT2D eigenvalue weighted by Crippen LogP contribution is -2.54. The van der Waals surface area contributed by atoms with Gasteiger partial charge in [0.05, 0.1) is 22.4 Å². The van der Waals surface area contributed by atoms with Crippen molar-refractivity contribution >= 4 is 39.7 Å². The van der Waals surface area contributed by atoms with E-state index in [4.69, 9.17) is 0 Å². The van der Waals surface area contributed by atoms with Crippen LogP contribution >= 0.6 is 12.4 Å². The zero-order chi connectivity index (χ0) is 22.4. The largest absolute Gasteiger partial charge is 0.342 e. The first-order valence-corrected chi connectivity index (χ1v) is 12.1. The Hall–Kier alpha value is -2.42. The second kappa shape index (κ2) is 11.4. The Bertz CT molecular complexity index is 1030. The lowest BCUT2D eigenvalue weighted by atomic mass is 10.1. The fourth-order valence-electron chi connectivity index (χ4n) is 3.64. The Kier molecular flexibility index (Phi) is 9.24. The van der Waals surface area contributed by atoms with Crippen LogP contribution in [0, 0.1) is 0 Å². The Labute approximate surface area is 195 Å². The number of sulfone groups is 1. The molecule has 9 heteroatoms. The second-order valence-electron chi connectivity index (χ2n) is 7.75. The number of likely N-dealkylation sites (N-methyl/N-ethyl adjacent to an activating group) is 1. The summed E-state index contributed by atoms with van der Waals surface area (Å²) in [6, 6.07) is 15.0. The molecule has 0 saturated carbocycles. The van der Waals surface area contributed by atoms with Crippen molar-refractivity contribution in [3.8, 4) is 0 Å². The molecule has 32 heavy (non-hydrogen) atoms. The molecule has 7 nitrogen and oxygen atoms in total. The van der Waals surface area contributed by atoms with Crippen LogP contribution in [-0.2, 0) is 25.8 Å². The van der Waals surface area contributed by atoms with Crippen molar-refractivity contribution in [1.29, 1.82) is 0 Å². The molecule has 0 bridgehead atoms. The van der Waals surface area contributed by atoms with Crippen molar-refractivity contribution in [2.75, 3.05) is 24.2 Å². The zero-order valence-electron chi connectivity index (χ0n) is 18.3. The number of carbonyl (C=O) groups excluding carboxylic acids is 2. The average Bonchev–Trinajstić information content (AvgIpc) is 2.85. The van der Waals surface area contributed by atoms with E-state index >= 15 is 0 Å². The Balaban J connectivity index is 0.00000363. The van der Waals surface area contributed by atoms with Gasteiger partial charge in [0.15, 0.2) is 9.84 Å². The highest BCUT2D eigenvalue weighted by molar-refractivity contribution is 7.91.